The van der Waals surface area contributed by atoms with Crippen LogP contribution in [0.5, 0.6) is 0 Å². The topological polar surface area (TPSA) is 63.0 Å². The molecule has 3 N–H and O–H groups in total. The Bertz CT molecular complexity index is 650. The molecule has 0 spiro atoms. The highest BCUT2D eigenvalue weighted by Gasteiger charge is 2.60. The fourth-order valence-corrected chi connectivity index (χ4v) is 8.78. The van der Waals surface area contributed by atoms with Gasteiger partial charge in [0.25, 0.3) is 5.91 Å². The summed E-state index contributed by atoms with van der Waals surface area (Å²) in [6.07, 6.45) is 10.9. The number of hydrogen-bond donors (Lipinski definition) is 3. The Labute approximate surface area is 182 Å². The second-order valence-electron chi connectivity index (χ2n) is 11.9. The number of fused-ring (bicyclic) bond motifs is 5. The average molecular weight is 420 g/mol. The van der Waals surface area contributed by atoms with Gasteiger partial charge in [0, 0.05) is 6.04 Å². The van der Waals surface area contributed by atoms with Crippen LogP contribution in [-0.4, -0.2) is 56.0 Å². The van der Waals surface area contributed by atoms with Crippen molar-refractivity contribution < 1.29 is 19.5 Å². The van der Waals surface area contributed by atoms with Gasteiger partial charge in [0.05, 0.1) is 19.3 Å². The van der Waals surface area contributed by atoms with E-state index in [0.717, 1.165) is 69.2 Å². The van der Waals surface area contributed by atoms with E-state index < -0.39 is 0 Å². The van der Waals surface area contributed by atoms with E-state index in [-0.39, 0.29) is 17.4 Å². The molecular weight excluding hydrogens is 376 g/mol. The van der Waals surface area contributed by atoms with Gasteiger partial charge in [0.1, 0.15) is 13.1 Å². The summed E-state index contributed by atoms with van der Waals surface area (Å²) >= 11 is 0. The highest BCUT2D eigenvalue weighted by molar-refractivity contribution is 5.77. The van der Waals surface area contributed by atoms with Gasteiger partial charge in [-0.15, -0.1) is 0 Å². The highest BCUT2D eigenvalue weighted by atomic mass is 16.5. The molecule has 5 rings (SSSR count). The molecular formula is C25H43N2O3+. The lowest BCUT2D eigenvalue weighted by atomic mass is 9.45. The van der Waals surface area contributed by atoms with Gasteiger partial charge in [-0.1, -0.05) is 13.8 Å². The van der Waals surface area contributed by atoms with Crippen LogP contribution in [0.1, 0.15) is 71.6 Å². The number of carbonyl (C=O) groups excluding carboxylic acids is 1. The molecule has 0 unspecified atom stereocenters. The molecule has 1 amide bonds. The zero-order valence-electron chi connectivity index (χ0n) is 19.1. The number of hydrogen-bond acceptors (Lipinski definition) is 3. The summed E-state index contributed by atoms with van der Waals surface area (Å²) in [5.41, 5.74) is 0.707. The molecule has 170 valence electrons. The van der Waals surface area contributed by atoms with Gasteiger partial charge in [-0.3, -0.25) is 4.79 Å². The van der Waals surface area contributed by atoms with Gasteiger partial charge in [0.15, 0.2) is 6.54 Å². The Morgan fingerprint density at radius 2 is 1.73 bits per heavy atom. The van der Waals surface area contributed by atoms with E-state index >= 15 is 0 Å². The van der Waals surface area contributed by atoms with Crippen molar-refractivity contribution in [2.75, 3.05) is 32.8 Å². The lowest BCUT2D eigenvalue weighted by Gasteiger charge is -2.60. The molecule has 0 aromatic heterocycles. The second kappa shape index (κ2) is 8.04. The lowest BCUT2D eigenvalue weighted by Crippen LogP contribution is -3.15. The zero-order chi connectivity index (χ0) is 20.9. The van der Waals surface area contributed by atoms with Crippen molar-refractivity contribution >= 4 is 5.91 Å². The summed E-state index contributed by atoms with van der Waals surface area (Å²) < 4.78 is 5.44. The highest BCUT2D eigenvalue weighted by Crippen LogP contribution is 2.66. The average Bonchev–Trinajstić information content (AvgIpc) is 3.05. The molecule has 0 aromatic rings. The summed E-state index contributed by atoms with van der Waals surface area (Å²) in [5.74, 6) is 3.39. The molecule has 8 atom stereocenters. The van der Waals surface area contributed by atoms with Gasteiger partial charge >= 0.3 is 0 Å². The van der Waals surface area contributed by atoms with Crippen LogP contribution in [0.3, 0.4) is 0 Å². The molecule has 4 aliphatic carbocycles. The largest absolute Gasteiger partial charge is 0.393 e. The maximum atomic E-state index is 12.8. The Balaban J connectivity index is 1.25. The summed E-state index contributed by atoms with van der Waals surface area (Å²) in [6.45, 7) is 9.13. The third kappa shape index (κ3) is 3.53. The van der Waals surface area contributed by atoms with Gasteiger partial charge in [-0.25, -0.2) is 0 Å². The predicted molar refractivity (Wildman–Crippen MR) is 116 cm³/mol. The predicted octanol–water partition coefficient (Wildman–Crippen LogP) is 1.79. The van der Waals surface area contributed by atoms with Crippen LogP contribution in [0, 0.1) is 34.5 Å². The molecule has 4 saturated carbocycles. The number of carbonyl (C=O) groups is 1. The number of ether oxygens (including phenoxy) is 1. The van der Waals surface area contributed by atoms with E-state index in [1.807, 2.05) is 0 Å². The van der Waals surface area contributed by atoms with Crippen LogP contribution < -0.4 is 10.2 Å². The number of morpholine rings is 1. The third-order valence-electron chi connectivity index (χ3n) is 10.6. The van der Waals surface area contributed by atoms with Crippen molar-refractivity contribution in [1.82, 2.24) is 5.32 Å². The Kier molecular flexibility index (Phi) is 5.69. The van der Waals surface area contributed by atoms with E-state index in [2.05, 4.69) is 19.2 Å². The number of aliphatic hydroxyl groups is 1. The van der Waals surface area contributed by atoms with E-state index in [1.165, 1.54) is 43.4 Å². The van der Waals surface area contributed by atoms with Gasteiger partial charge in [-0.05, 0) is 92.3 Å². The minimum Gasteiger partial charge on any atom is -0.393 e. The molecule has 0 bridgehead atoms. The van der Waals surface area contributed by atoms with Crippen LogP contribution in [0.15, 0.2) is 0 Å². The number of nitrogens with one attached hydrogen (secondary N) is 2. The maximum absolute atomic E-state index is 12.8. The molecule has 5 nitrogen and oxygen atoms in total. The van der Waals surface area contributed by atoms with Crippen molar-refractivity contribution in [3.8, 4) is 0 Å². The monoisotopic (exact) mass is 419 g/mol. The van der Waals surface area contributed by atoms with Crippen molar-refractivity contribution in [2.24, 2.45) is 34.5 Å². The quantitative estimate of drug-likeness (QED) is 0.654. The molecule has 30 heavy (non-hydrogen) atoms. The molecule has 0 radical (unpaired) electrons. The normalized spacial score (nSPS) is 49.0. The van der Waals surface area contributed by atoms with Crippen LogP contribution in [0.2, 0.25) is 0 Å². The van der Waals surface area contributed by atoms with Gasteiger partial charge in [-0.2, -0.15) is 0 Å². The van der Waals surface area contributed by atoms with Crippen molar-refractivity contribution in [1.29, 1.82) is 0 Å². The summed E-state index contributed by atoms with van der Waals surface area (Å²) in [4.78, 5) is 14.2. The van der Waals surface area contributed by atoms with Crippen molar-refractivity contribution in [3.63, 3.8) is 0 Å². The first-order chi connectivity index (χ1) is 14.4. The van der Waals surface area contributed by atoms with E-state index in [1.54, 1.807) is 0 Å². The number of rotatable bonds is 3. The number of aliphatic hydroxyl groups excluding tert-OH is 1. The molecule has 0 aromatic carbocycles. The first-order valence-corrected chi connectivity index (χ1v) is 12.8. The minimum atomic E-state index is -0.0619. The Morgan fingerprint density at radius 3 is 2.53 bits per heavy atom. The number of amides is 1. The van der Waals surface area contributed by atoms with Gasteiger partial charge < -0.3 is 20.1 Å². The van der Waals surface area contributed by atoms with Crippen LogP contribution in [0.4, 0.5) is 0 Å². The van der Waals surface area contributed by atoms with Crippen LogP contribution in [0.25, 0.3) is 0 Å². The molecule has 5 fully saturated rings. The summed E-state index contributed by atoms with van der Waals surface area (Å²) in [6, 6.07) is 0.357. The Hall–Kier alpha value is -0.650. The SMILES string of the molecule is C[C@]12CC[C@H](O)C[C@@H]1CC[C@@H]1[C@H]3CC[C@H](NC(=O)C[NH+]4CCOCC4)[C@@]3(C)CC[C@@H]12. The first-order valence-electron chi connectivity index (χ1n) is 12.8. The van der Waals surface area contributed by atoms with E-state index in [4.69, 9.17) is 4.74 Å². The van der Waals surface area contributed by atoms with Gasteiger partial charge in [0.2, 0.25) is 0 Å². The van der Waals surface area contributed by atoms with Crippen molar-refractivity contribution in [3.05, 3.63) is 0 Å². The second-order valence-corrected chi connectivity index (χ2v) is 11.9. The summed E-state index contributed by atoms with van der Waals surface area (Å²) in [7, 11) is 0. The maximum Gasteiger partial charge on any atom is 0.275 e. The van der Waals surface area contributed by atoms with E-state index in [0.29, 0.717) is 18.0 Å². The molecule has 1 saturated heterocycles. The number of quaternary nitrogens is 1. The van der Waals surface area contributed by atoms with Crippen LogP contribution >= 0.6 is 0 Å². The fraction of sp³-hybridized carbons (Fsp3) is 0.960. The molecule has 5 aliphatic rings. The molecule has 1 heterocycles. The molecule has 1 aliphatic heterocycles. The van der Waals surface area contributed by atoms with Crippen LogP contribution in [-0.2, 0) is 9.53 Å². The van der Waals surface area contributed by atoms with Crippen molar-refractivity contribution in [2.45, 2.75) is 83.8 Å². The standard InChI is InChI=1S/C25H42N2O3/c1-24-9-7-18(28)15-17(24)3-4-19-20-5-6-22(25(20,2)10-8-21(19)24)26-23(29)16-27-11-13-30-14-12-27/h17-22,28H,3-16H2,1-2H3,(H,26,29)/p+1/t17-,18-,19+,20+,21-,22-,24-,25-/m0/s1. The third-order valence-corrected chi connectivity index (χ3v) is 10.6. The molecule has 5 heteroatoms. The smallest absolute Gasteiger partial charge is 0.275 e. The minimum absolute atomic E-state index is 0.0619. The summed E-state index contributed by atoms with van der Waals surface area (Å²) in [5, 5.41) is 13.7. The first kappa shape index (κ1) is 21.2. The Morgan fingerprint density at radius 1 is 1.00 bits per heavy atom. The lowest BCUT2D eigenvalue weighted by molar-refractivity contribution is -0.900. The fourth-order valence-electron chi connectivity index (χ4n) is 8.78. The zero-order valence-corrected chi connectivity index (χ0v) is 19.1. The van der Waals surface area contributed by atoms with E-state index in [9.17, 15) is 9.90 Å².